The van der Waals surface area contributed by atoms with Crippen LogP contribution in [0.15, 0.2) is 176 Å². The first-order chi connectivity index (χ1) is 31.7. The average Bonchev–Trinajstić information content (AvgIpc) is 3.63. The van der Waals surface area contributed by atoms with Gasteiger partial charge in [-0.25, -0.2) is 0 Å². The molecule has 1 heteroatoms. The highest BCUT2D eigenvalue weighted by Gasteiger charge is 2.90. The zero-order valence-corrected chi connectivity index (χ0v) is 36.5. The van der Waals surface area contributed by atoms with Crippen molar-refractivity contribution in [3.63, 3.8) is 0 Å². The Morgan fingerprint density at radius 1 is 0.500 bits per heavy atom. The Hall–Kier alpha value is -6.18. The van der Waals surface area contributed by atoms with Gasteiger partial charge in [-0.15, -0.1) is 0 Å². The minimum Gasteiger partial charge on any atom is -0.310 e. The van der Waals surface area contributed by atoms with Gasteiger partial charge in [0.05, 0.1) is 5.69 Å². The van der Waals surface area contributed by atoms with Gasteiger partial charge in [-0.2, -0.15) is 0 Å². The third-order valence-corrected chi connectivity index (χ3v) is 18.7. The van der Waals surface area contributed by atoms with Crippen LogP contribution in [0.2, 0.25) is 0 Å². The summed E-state index contributed by atoms with van der Waals surface area (Å²) in [4.78, 5) is 2.62. The summed E-state index contributed by atoms with van der Waals surface area (Å²) < 4.78 is 0. The molecule has 0 heterocycles. The Kier molecular flexibility index (Phi) is 7.46. The number of fused-ring (bicyclic) bond motifs is 11. The quantitative estimate of drug-likeness (QED) is 0.161. The van der Waals surface area contributed by atoms with E-state index in [-0.39, 0.29) is 5.41 Å². The molecule has 8 aliphatic carbocycles. The largest absolute Gasteiger partial charge is 0.310 e. The van der Waals surface area contributed by atoms with Gasteiger partial charge in [0.25, 0.3) is 0 Å². The highest BCUT2D eigenvalue weighted by Crippen LogP contribution is 2.94. The monoisotopic (exact) mass is 823 g/mol. The number of para-hydroxylation sites is 1. The third kappa shape index (κ3) is 4.51. The van der Waals surface area contributed by atoms with Gasteiger partial charge in [-0.3, -0.25) is 0 Å². The number of benzene rings is 7. The lowest BCUT2D eigenvalue weighted by Gasteiger charge is -2.92. The second-order valence-corrected chi connectivity index (χ2v) is 20.9. The Bertz CT molecular complexity index is 3160. The predicted octanol–water partition coefficient (Wildman–Crippen LogP) is 16.5. The molecule has 64 heavy (non-hydrogen) atoms. The molecule has 310 valence electrons. The standard InChI is InChI=1S/C63H53N/c1-2-13-39(14-3-1)49-22-10-16-42-17-11-24-55(61(42)49)54-20-7-9-26-58(54)64(45-30-27-41(28-31-45)48-21-12-23-50-47-18-5-4-15-40(47)29-33-51(48)50)46-32-34-53-52-19-6-8-25-56(52)63(57(53)38-46)59-36-43-35-44-37-60(63)62(43,44)59/h4-12,15-34,38-40,43-44,47,59-60H,1-3,13-14,35-37H2. The van der Waals surface area contributed by atoms with E-state index in [0.717, 1.165) is 23.7 Å². The van der Waals surface area contributed by atoms with Crippen LogP contribution in [0.25, 0.3) is 50.2 Å². The third-order valence-electron chi connectivity index (χ3n) is 18.7. The molecule has 0 aromatic heterocycles. The van der Waals surface area contributed by atoms with Gasteiger partial charge in [0.15, 0.2) is 0 Å². The summed E-state index contributed by atoms with van der Waals surface area (Å²) in [5.41, 5.74) is 20.2. The highest BCUT2D eigenvalue weighted by molar-refractivity contribution is 6.03. The van der Waals surface area contributed by atoms with E-state index in [4.69, 9.17) is 0 Å². The maximum Gasteiger partial charge on any atom is 0.0540 e. The molecule has 0 aliphatic heterocycles. The van der Waals surface area contributed by atoms with E-state index in [1.54, 1.807) is 11.1 Å². The van der Waals surface area contributed by atoms with Crippen LogP contribution in [0.1, 0.15) is 91.0 Å². The maximum absolute atomic E-state index is 2.67. The van der Waals surface area contributed by atoms with E-state index < -0.39 is 0 Å². The molecule has 6 atom stereocenters. The fraction of sp³-hybridized carbons (Fsp3) is 0.270. The maximum atomic E-state index is 2.67. The smallest absolute Gasteiger partial charge is 0.0540 e. The van der Waals surface area contributed by atoms with E-state index in [0.29, 0.717) is 23.2 Å². The van der Waals surface area contributed by atoms with Crippen molar-refractivity contribution in [1.82, 2.24) is 0 Å². The lowest BCUT2D eigenvalue weighted by atomic mass is 9.11. The van der Waals surface area contributed by atoms with Gasteiger partial charge < -0.3 is 4.90 Å². The van der Waals surface area contributed by atoms with Gasteiger partial charge in [0.1, 0.15) is 0 Å². The molecule has 0 saturated heterocycles. The van der Waals surface area contributed by atoms with Crippen LogP contribution in [0.4, 0.5) is 17.1 Å². The van der Waals surface area contributed by atoms with Crippen molar-refractivity contribution in [2.75, 3.05) is 4.90 Å². The molecule has 1 nitrogen and oxygen atoms in total. The number of rotatable bonds is 6. The van der Waals surface area contributed by atoms with E-state index in [1.807, 2.05) is 0 Å². The van der Waals surface area contributed by atoms with Crippen LogP contribution >= 0.6 is 0 Å². The summed E-state index contributed by atoms with van der Waals surface area (Å²) in [5.74, 6) is 4.97. The van der Waals surface area contributed by atoms with Gasteiger partial charge in [-0.05, 0) is 164 Å². The lowest BCUT2D eigenvalue weighted by Crippen LogP contribution is -2.88. The molecular formula is C63H53N. The van der Waals surface area contributed by atoms with Crippen LogP contribution < -0.4 is 4.90 Å². The molecule has 5 saturated carbocycles. The lowest BCUT2D eigenvalue weighted by molar-refractivity contribution is -0.412. The zero-order valence-electron chi connectivity index (χ0n) is 36.5. The van der Waals surface area contributed by atoms with E-state index >= 15 is 0 Å². The van der Waals surface area contributed by atoms with Crippen LogP contribution in [0, 0.1) is 35.0 Å². The summed E-state index contributed by atoms with van der Waals surface area (Å²) in [6, 6.07) is 57.1. The van der Waals surface area contributed by atoms with E-state index in [9.17, 15) is 0 Å². The van der Waals surface area contributed by atoms with Gasteiger partial charge >= 0.3 is 0 Å². The van der Waals surface area contributed by atoms with Crippen molar-refractivity contribution in [3.8, 4) is 33.4 Å². The molecule has 0 bridgehead atoms. The van der Waals surface area contributed by atoms with Crippen molar-refractivity contribution in [2.45, 2.75) is 68.6 Å². The first kappa shape index (κ1) is 36.2. The van der Waals surface area contributed by atoms with Crippen LogP contribution in [0.3, 0.4) is 0 Å². The highest BCUT2D eigenvalue weighted by atomic mass is 15.1. The molecule has 2 spiro atoms. The SMILES string of the molecule is C1=CC2C=Cc3c(-c4ccc(N(c5ccc6c(c5)C5(c7ccccc7-6)C6CC7CC8CC5C786)c5ccccc5-c5cccc6cccc(C7CCCCC7)c56)cc4)cccc3C2C=C1. The van der Waals surface area contributed by atoms with Crippen molar-refractivity contribution < 1.29 is 0 Å². The van der Waals surface area contributed by atoms with Crippen molar-refractivity contribution in [1.29, 1.82) is 0 Å². The van der Waals surface area contributed by atoms with Crippen molar-refractivity contribution >= 4 is 33.9 Å². The fourth-order valence-electron chi connectivity index (χ4n) is 16.2. The Labute approximate surface area is 377 Å². The molecule has 6 unspecified atom stereocenters. The Morgan fingerprint density at radius 3 is 2.03 bits per heavy atom. The van der Waals surface area contributed by atoms with Gasteiger partial charge in [0, 0.05) is 34.2 Å². The second kappa shape index (κ2) is 13.2. The van der Waals surface area contributed by atoms with Crippen LogP contribution in [0.5, 0.6) is 0 Å². The second-order valence-electron chi connectivity index (χ2n) is 20.9. The number of hydrogen-bond acceptors (Lipinski definition) is 1. The molecule has 0 amide bonds. The summed E-state index contributed by atoms with van der Waals surface area (Å²) in [5, 5.41) is 2.79. The minimum absolute atomic E-state index is 0.150. The number of anilines is 3. The summed E-state index contributed by atoms with van der Waals surface area (Å²) in [6.45, 7) is 0. The van der Waals surface area contributed by atoms with E-state index in [2.05, 4.69) is 187 Å². The topological polar surface area (TPSA) is 3.24 Å². The van der Waals surface area contributed by atoms with Crippen molar-refractivity contribution in [3.05, 3.63) is 204 Å². The number of allylic oxidation sites excluding steroid dienone is 5. The van der Waals surface area contributed by atoms with Crippen LogP contribution in [-0.2, 0) is 5.41 Å². The normalized spacial score (nSPS) is 29.2. The zero-order chi connectivity index (χ0) is 41.7. The van der Waals surface area contributed by atoms with E-state index in [1.165, 1.54) is 129 Å². The molecule has 0 N–H and O–H groups in total. The predicted molar refractivity (Wildman–Crippen MR) is 265 cm³/mol. The average molecular weight is 824 g/mol. The summed E-state index contributed by atoms with van der Waals surface area (Å²) in [6.07, 6.45) is 24.8. The Morgan fingerprint density at radius 2 is 1.19 bits per heavy atom. The van der Waals surface area contributed by atoms with Gasteiger partial charge in [-0.1, -0.05) is 171 Å². The minimum atomic E-state index is 0.150. The number of hydrogen-bond donors (Lipinski definition) is 0. The number of nitrogens with zero attached hydrogens (tertiary/aromatic N) is 1. The van der Waals surface area contributed by atoms with Crippen LogP contribution in [-0.4, -0.2) is 0 Å². The van der Waals surface area contributed by atoms with Gasteiger partial charge in [0.2, 0.25) is 0 Å². The van der Waals surface area contributed by atoms with Crippen molar-refractivity contribution in [2.24, 2.45) is 35.0 Å². The first-order valence-corrected chi connectivity index (χ1v) is 24.6. The summed E-state index contributed by atoms with van der Waals surface area (Å²) >= 11 is 0. The molecule has 7 aromatic rings. The molecule has 5 fully saturated rings. The molecule has 7 aromatic carbocycles. The molecular weight excluding hydrogens is 771 g/mol. The molecule has 8 aliphatic rings. The molecule has 15 rings (SSSR count). The fourth-order valence-corrected chi connectivity index (χ4v) is 16.2. The Balaban J connectivity index is 0.914. The summed E-state index contributed by atoms with van der Waals surface area (Å²) in [7, 11) is 0. The first-order valence-electron chi connectivity index (χ1n) is 24.6. The molecule has 0 radical (unpaired) electrons.